The van der Waals surface area contributed by atoms with E-state index < -0.39 is 36.0 Å². The molecule has 1 aromatic heterocycles. The van der Waals surface area contributed by atoms with Gasteiger partial charge in [-0.25, -0.2) is 14.6 Å². The van der Waals surface area contributed by atoms with Crippen LogP contribution in [0.1, 0.15) is 35.1 Å². The molecule has 2 N–H and O–H groups in total. The monoisotopic (exact) mass is 411 g/mol. The van der Waals surface area contributed by atoms with Gasteiger partial charge in [0.05, 0.1) is 11.9 Å². The van der Waals surface area contributed by atoms with E-state index >= 15 is 0 Å². The summed E-state index contributed by atoms with van der Waals surface area (Å²) in [5.41, 5.74) is 2.60. The van der Waals surface area contributed by atoms with Gasteiger partial charge in [-0.2, -0.15) is 5.01 Å². The molecule has 0 aliphatic carbocycles. The molecule has 10 nitrogen and oxygen atoms in total. The summed E-state index contributed by atoms with van der Waals surface area (Å²) >= 11 is 0. The second-order valence-electron chi connectivity index (χ2n) is 7.04. The van der Waals surface area contributed by atoms with Crippen molar-refractivity contribution in [3.8, 4) is 0 Å². The van der Waals surface area contributed by atoms with E-state index in [1.807, 2.05) is 30.3 Å². The average molecular weight is 411 g/mol. The molecule has 1 aliphatic heterocycles. The maximum absolute atomic E-state index is 12.7. The molecule has 4 amide bonds. The number of carbonyl (C=O) groups is 4. The Kier molecular flexibility index (Phi) is 6.05. The van der Waals surface area contributed by atoms with Gasteiger partial charge in [0.25, 0.3) is 11.8 Å². The minimum absolute atomic E-state index is 0.0584. The van der Waals surface area contributed by atoms with Crippen molar-refractivity contribution in [1.82, 2.24) is 25.7 Å². The second-order valence-corrected chi connectivity index (χ2v) is 7.04. The summed E-state index contributed by atoms with van der Waals surface area (Å²) < 4.78 is 4.84. The lowest BCUT2D eigenvalue weighted by molar-refractivity contribution is -0.140. The predicted molar refractivity (Wildman–Crippen MR) is 104 cm³/mol. The highest BCUT2D eigenvalue weighted by Crippen LogP contribution is 2.22. The van der Waals surface area contributed by atoms with E-state index in [9.17, 15) is 19.2 Å². The van der Waals surface area contributed by atoms with E-state index in [0.717, 1.165) is 5.56 Å². The lowest BCUT2D eigenvalue weighted by Crippen LogP contribution is -2.50. The Morgan fingerprint density at radius 2 is 1.90 bits per heavy atom. The van der Waals surface area contributed by atoms with E-state index in [-0.39, 0.29) is 5.69 Å². The molecule has 0 saturated carbocycles. The van der Waals surface area contributed by atoms with Crippen LogP contribution in [0.5, 0.6) is 0 Å². The van der Waals surface area contributed by atoms with Gasteiger partial charge < -0.3 is 10.1 Å². The largest absolute Gasteiger partial charge is 0.451 e. The summed E-state index contributed by atoms with van der Waals surface area (Å²) in [6.45, 7) is 2.62. The first kappa shape index (κ1) is 20.9. The van der Waals surface area contributed by atoms with Crippen LogP contribution in [-0.2, 0) is 20.7 Å². The third-order valence-electron chi connectivity index (χ3n) is 4.58. The number of nitrogens with one attached hydrogen (secondary N) is 2. The molecule has 0 unspecified atom stereocenters. The quantitative estimate of drug-likeness (QED) is 0.512. The summed E-state index contributed by atoms with van der Waals surface area (Å²) in [5.74, 6) is -2.27. The molecule has 0 radical (unpaired) electrons. The molecule has 0 spiro atoms. The molecule has 30 heavy (non-hydrogen) atoms. The first-order valence-electron chi connectivity index (χ1n) is 9.24. The molecular weight excluding hydrogens is 390 g/mol. The smallest absolute Gasteiger partial charge is 0.359 e. The number of aryl methyl sites for hydroxylation is 2. The summed E-state index contributed by atoms with van der Waals surface area (Å²) in [6, 6.07) is 8.78. The zero-order chi connectivity index (χ0) is 21.7. The van der Waals surface area contributed by atoms with Crippen molar-refractivity contribution >= 4 is 23.8 Å². The number of hydrazine groups is 1. The number of esters is 1. The highest BCUT2D eigenvalue weighted by molar-refractivity contribution is 6.07. The number of imide groups is 1. The topological polar surface area (TPSA) is 131 Å². The molecule has 0 bridgehead atoms. The molecule has 10 heteroatoms. The lowest BCUT2D eigenvalue weighted by Gasteiger charge is -2.21. The van der Waals surface area contributed by atoms with Crippen LogP contribution in [0, 0.1) is 6.92 Å². The van der Waals surface area contributed by atoms with Crippen LogP contribution >= 0.6 is 0 Å². The van der Waals surface area contributed by atoms with Crippen LogP contribution in [-0.4, -0.2) is 50.9 Å². The van der Waals surface area contributed by atoms with E-state index in [1.165, 1.54) is 12.4 Å². The normalized spacial score (nSPS) is 18.1. The highest BCUT2D eigenvalue weighted by atomic mass is 16.5. The van der Waals surface area contributed by atoms with Crippen molar-refractivity contribution in [3.63, 3.8) is 0 Å². The number of urea groups is 1. The Labute approximate surface area is 172 Å². The molecule has 1 aliphatic rings. The van der Waals surface area contributed by atoms with Crippen LogP contribution < -0.4 is 10.7 Å². The number of ether oxygens (including phenoxy) is 1. The third-order valence-corrected chi connectivity index (χ3v) is 4.58. The molecular formula is C20H21N5O5. The van der Waals surface area contributed by atoms with Crippen molar-refractivity contribution in [2.24, 2.45) is 0 Å². The number of hydrogen-bond acceptors (Lipinski definition) is 7. The Morgan fingerprint density at radius 1 is 1.17 bits per heavy atom. The van der Waals surface area contributed by atoms with Crippen molar-refractivity contribution < 1.29 is 23.9 Å². The number of aromatic nitrogens is 2. The highest BCUT2D eigenvalue weighted by Gasteiger charge is 2.48. The first-order valence-corrected chi connectivity index (χ1v) is 9.24. The molecule has 2 aromatic rings. The average Bonchev–Trinajstić information content (AvgIpc) is 2.95. The van der Waals surface area contributed by atoms with Gasteiger partial charge in [0.2, 0.25) is 0 Å². The maximum Gasteiger partial charge on any atom is 0.359 e. The number of amides is 4. The van der Waals surface area contributed by atoms with Gasteiger partial charge in [0.1, 0.15) is 5.54 Å². The zero-order valence-corrected chi connectivity index (χ0v) is 16.5. The summed E-state index contributed by atoms with van der Waals surface area (Å²) in [6.07, 6.45) is 3.54. The summed E-state index contributed by atoms with van der Waals surface area (Å²) in [4.78, 5) is 56.6. The Morgan fingerprint density at radius 3 is 2.57 bits per heavy atom. The fourth-order valence-electron chi connectivity index (χ4n) is 2.85. The van der Waals surface area contributed by atoms with Crippen LogP contribution in [0.15, 0.2) is 42.7 Å². The van der Waals surface area contributed by atoms with Crippen LogP contribution in [0.4, 0.5) is 4.79 Å². The van der Waals surface area contributed by atoms with Gasteiger partial charge in [0.15, 0.2) is 12.3 Å². The van der Waals surface area contributed by atoms with Crippen molar-refractivity contribution in [3.05, 3.63) is 59.7 Å². The first-order chi connectivity index (χ1) is 14.3. The van der Waals surface area contributed by atoms with Gasteiger partial charge in [0, 0.05) is 6.20 Å². The standard InChI is InChI=1S/C20H21N5O5/c1-13-10-22-15(11-21-13)17(27)30-12-16(26)24-25-18(28)20(2,23-19(25)29)9-8-14-6-4-3-5-7-14/h3-7,10-11H,8-9,12H2,1-2H3,(H,23,29)(H,24,26)/t20-/m0/s1. The Balaban J connectivity index is 1.53. The van der Waals surface area contributed by atoms with Crippen LogP contribution in [0.2, 0.25) is 0 Å². The van der Waals surface area contributed by atoms with E-state index in [2.05, 4.69) is 20.7 Å². The fraction of sp³-hybridized carbons (Fsp3) is 0.300. The van der Waals surface area contributed by atoms with Crippen molar-refractivity contribution in [2.75, 3.05) is 6.61 Å². The zero-order valence-electron chi connectivity index (χ0n) is 16.5. The molecule has 1 saturated heterocycles. The lowest BCUT2D eigenvalue weighted by atomic mass is 9.93. The van der Waals surface area contributed by atoms with Crippen LogP contribution in [0.3, 0.4) is 0 Å². The van der Waals surface area contributed by atoms with Crippen molar-refractivity contribution in [2.45, 2.75) is 32.2 Å². The number of nitrogens with zero attached hydrogens (tertiary/aromatic N) is 3. The van der Waals surface area contributed by atoms with Gasteiger partial charge >= 0.3 is 12.0 Å². The fourth-order valence-corrected chi connectivity index (χ4v) is 2.85. The number of rotatable bonds is 7. The third kappa shape index (κ3) is 4.77. The van der Waals surface area contributed by atoms with E-state index in [4.69, 9.17) is 4.74 Å². The minimum Gasteiger partial charge on any atom is -0.451 e. The second kappa shape index (κ2) is 8.68. The number of carbonyl (C=O) groups excluding carboxylic acids is 4. The summed E-state index contributed by atoms with van der Waals surface area (Å²) in [5, 5.41) is 3.20. The Bertz CT molecular complexity index is 963. The van der Waals surface area contributed by atoms with Gasteiger partial charge in [-0.05, 0) is 32.3 Å². The molecule has 1 aromatic carbocycles. The number of benzene rings is 1. The Hall–Kier alpha value is -3.82. The van der Waals surface area contributed by atoms with Crippen LogP contribution in [0.25, 0.3) is 0 Å². The maximum atomic E-state index is 12.7. The molecule has 1 fully saturated rings. The minimum atomic E-state index is -1.16. The molecule has 156 valence electrons. The number of hydrogen-bond donors (Lipinski definition) is 2. The SMILES string of the molecule is Cc1cnc(C(=O)OCC(=O)NN2C(=O)N[C@@](C)(CCc3ccccc3)C2=O)cn1. The molecule has 1 atom stereocenters. The van der Waals surface area contributed by atoms with Gasteiger partial charge in [-0.15, -0.1) is 0 Å². The van der Waals surface area contributed by atoms with Gasteiger partial charge in [-0.1, -0.05) is 30.3 Å². The molecule has 3 rings (SSSR count). The van der Waals surface area contributed by atoms with E-state index in [1.54, 1.807) is 13.8 Å². The molecule has 2 heterocycles. The van der Waals surface area contributed by atoms with Gasteiger partial charge in [-0.3, -0.25) is 20.0 Å². The predicted octanol–water partition coefficient (Wildman–Crippen LogP) is 0.916. The van der Waals surface area contributed by atoms with Crippen molar-refractivity contribution in [1.29, 1.82) is 0 Å². The van der Waals surface area contributed by atoms with E-state index in [0.29, 0.717) is 23.5 Å². The summed E-state index contributed by atoms with van der Waals surface area (Å²) in [7, 11) is 0.